The molecule has 2 aromatic rings. The Morgan fingerprint density at radius 3 is 2.25 bits per heavy atom. The maximum Gasteiger partial charge on any atom is 0.490 e. The van der Waals surface area contributed by atoms with Crippen molar-refractivity contribution in [2.75, 3.05) is 32.1 Å². The van der Waals surface area contributed by atoms with E-state index < -0.39 is 33.6 Å². The predicted molar refractivity (Wildman–Crippen MR) is 134 cm³/mol. The van der Waals surface area contributed by atoms with Crippen molar-refractivity contribution < 1.29 is 50.6 Å². The molecule has 0 spiro atoms. The Hall–Kier alpha value is -4.68. The van der Waals surface area contributed by atoms with E-state index in [4.69, 9.17) is 35.7 Å². The van der Waals surface area contributed by atoms with Crippen molar-refractivity contribution in [2.45, 2.75) is 24.4 Å². The molecule has 0 aliphatic heterocycles. The zero-order chi connectivity index (χ0) is 30.7. The number of carbonyl (C=O) groups is 2. The zero-order valence-electron chi connectivity index (χ0n) is 21.3. The Labute approximate surface area is 225 Å². The lowest BCUT2D eigenvalue weighted by Crippen LogP contribution is -2.30. The number of guanidine groups is 1. The lowest BCUT2D eigenvalue weighted by Gasteiger charge is -2.14. The molecule has 0 aliphatic carbocycles. The summed E-state index contributed by atoms with van der Waals surface area (Å²) in [5.74, 6) is -2.95. The van der Waals surface area contributed by atoms with Crippen molar-refractivity contribution in [2.24, 2.45) is 16.6 Å². The smallest absolute Gasteiger partial charge is 0.490 e. The number of hydrogen-bond donors (Lipinski definition) is 6. The first-order valence-corrected chi connectivity index (χ1v) is 12.3. The van der Waals surface area contributed by atoms with E-state index in [2.05, 4.69) is 20.2 Å². The molecule has 0 saturated carbocycles. The number of alkyl halides is 3. The van der Waals surface area contributed by atoms with Crippen molar-refractivity contribution in [3.05, 3.63) is 45.9 Å². The number of carboxylic acids is 1. The fraction of sp³-hybridized carbons (Fsp3) is 0.333. The number of ether oxygens (including phenoxy) is 2. The topological polar surface area (TPSA) is 238 Å². The predicted octanol–water partition coefficient (Wildman–Crippen LogP) is -0.00168. The van der Waals surface area contributed by atoms with Crippen LogP contribution in [0.25, 0.3) is 0 Å². The molecule has 8 N–H and O–H groups in total. The third-order valence-electron chi connectivity index (χ3n) is 4.43. The molecule has 1 heterocycles. The van der Waals surface area contributed by atoms with Gasteiger partial charge < -0.3 is 41.2 Å². The molecule has 0 saturated heterocycles. The van der Waals surface area contributed by atoms with Gasteiger partial charge in [-0.25, -0.2) is 13.2 Å². The van der Waals surface area contributed by atoms with Gasteiger partial charge in [-0.15, -0.1) is 0 Å². The van der Waals surface area contributed by atoms with E-state index in [1.54, 1.807) is 6.92 Å². The van der Waals surface area contributed by atoms with E-state index in [9.17, 15) is 31.2 Å². The maximum atomic E-state index is 12.9. The minimum absolute atomic E-state index is 0.0107. The summed E-state index contributed by atoms with van der Waals surface area (Å²) in [7, 11) is -1.41. The zero-order valence-corrected chi connectivity index (χ0v) is 22.1. The first-order valence-electron chi connectivity index (χ1n) is 10.8. The van der Waals surface area contributed by atoms with E-state index in [0.717, 1.165) is 0 Å². The van der Waals surface area contributed by atoms with Gasteiger partial charge in [0.25, 0.3) is 15.6 Å². The highest BCUT2D eigenvalue weighted by Gasteiger charge is 2.38. The van der Waals surface area contributed by atoms with Crippen LogP contribution in [-0.4, -0.2) is 69.9 Å². The van der Waals surface area contributed by atoms with E-state index in [0.29, 0.717) is 11.4 Å². The first kappa shape index (κ1) is 33.3. The molecule has 1 aromatic heterocycles. The highest BCUT2D eigenvalue weighted by Crippen LogP contribution is 2.30. The Morgan fingerprint density at radius 2 is 1.73 bits per heavy atom. The van der Waals surface area contributed by atoms with Crippen LogP contribution in [0.3, 0.4) is 0 Å². The number of rotatable bonds is 11. The Morgan fingerprint density at radius 1 is 1.12 bits per heavy atom. The second-order valence-corrected chi connectivity index (χ2v) is 9.17. The third-order valence-corrected chi connectivity index (χ3v) is 5.78. The van der Waals surface area contributed by atoms with Gasteiger partial charge in [-0.05, 0) is 35.8 Å². The van der Waals surface area contributed by atoms with Crippen LogP contribution in [-0.2, 0) is 30.9 Å². The van der Waals surface area contributed by atoms with Gasteiger partial charge in [0.05, 0.1) is 32.1 Å². The second kappa shape index (κ2) is 14.5. The normalized spacial score (nSPS) is 10.8. The molecule has 0 bridgehead atoms. The fourth-order valence-electron chi connectivity index (χ4n) is 2.78. The number of benzene rings is 1. The molecule has 222 valence electrons. The molecule has 0 aliphatic rings. The van der Waals surface area contributed by atoms with Gasteiger partial charge in [-0.1, -0.05) is 0 Å². The van der Waals surface area contributed by atoms with Crippen LogP contribution >= 0.6 is 0 Å². The number of carbonyl (C=O) groups excluding carboxylic acids is 1. The molecule has 0 unspecified atom stereocenters. The summed E-state index contributed by atoms with van der Waals surface area (Å²) in [6, 6.07) is 5.48. The number of carboxylic acid groups (broad SMARTS) is 1. The molecule has 0 radical (unpaired) electrons. The molecule has 1 amide bonds. The van der Waals surface area contributed by atoms with Crippen LogP contribution in [0, 0.1) is 6.92 Å². The van der Waals surface area contributed by atoms with Crippen molar-refractivity contribution in [3.8, 4) is 11.5 Å². The Balaban J connectivity index is 0.00000101. The minimum atomic E-state index is -5.08. The summed E-state index contributed by atoms with van der Waals surface area (Å²) in [6.07, 6.45) is -5.35. The number of nitrogens with two attached hydrogens (primary N) is 2. The largest absolute Gasteiger partial charge is 0.493 e. The van der Waals surface area contributed by atoms with Crippen molar-refractivity contribution >= 4 is 33.5 Å². The summed E-state index contributed by atoms with van der Waals surface area (Å²) >= 11 is 0. The summed E-state index contributed by atoms with van der Waals surface area (Å²) < 4.78 is 70.1. The fourth-order valence-corrected chi connectivity index (χ4v) is 3.90. The number of aromatic amines is 1. The molecule has 40 heavy (non-hydrogen) atoms. The Bertz CT molecular complexity index is 1390. The van der Waals surface area contributed by atoms with Gasteiger partial charge in [0.15, 0.2) is 11.5 Å². The summed E-state index contributed by atoms with van der Waals surface area (Å²) in [4.78, 5) is 40.8. The lowest BCUT2D eigenvalue weighted by atomic mass is 10.1. The molecular weight excluding hydrogens is 569 g/mol. The first-order chi connectivity index (χ1) is 18.5. The average Bonchev–Trinajstić information content (AvgIpc) is 2.85. The minimum Gasteiger partial charge on any atom is -0.493 e. The van der Waals surface area contributed by atoms with Gasteiger partial charge in [0.1, 0.15) is 12.3 Å². The van der Waals surface area contributed by atoms with Crippen molar-refractivity contribution in [3.63, 3.8) is 0 Å². The van der Waals surface area contributed by atoms with Gasteiger partial charge in [0.2, 0.25) is 11.9 Å². The van der Waals surface area contributed by atoms with Crippen LogP contribution in [0.1, 0.15) is 11.3 Å². The number of nitrogens with zero attached hydrogens (tertiary/aromatic N) is 1. The highest BCUT2D eigenvalue weighted by atomic mass is 32.2. The van der Waals surface area contributed by atoms with Crippen LogP contribution in [0.5, 0.6) is 11.5 Å². The van der Waals surface area contributed by atoms with Crippen LogP contribution < -0.4 is 36.5 Å². The number of aryl methyl sites for hydroxylation is 1. The number of anilines is 1. The van der Waals surface area contributed by atoms with Crippen LogP contribution in [0.2, 0.25) is 0 Å². The number of amides is 1. The maximum absolute atomic E-state index is 12.9. The second-order valence-electron chi connectivity index (χ2n) is 7.48. The standard InChI is InChI=1S/C19H26N6O7S.C2HF3O2/c1-11-8-12(9-16(26)22-6-7-32-24-19(20)21)17(18(27)23-11)25-33(28,29)13-4-5-14(30-2)15(10-13)31-3;3-2(4,5)1(6)7/h4-5,8,10,25H,6-7,9H2,1-3H3,(H,22,26)(H,23,27)(H4,20,21,24);(H,6,7). The molecule has 15 nitrogen and oxygen atoms in total. The van der Waals surface area contributed by atoms with Crippen molar-refractivity contribution in [1.82, 2.24) is 10.3 Å². The van der Waals surface area contributed by atoms with E-state index in [1.807, 2.05) is 0 Å². The third kappa shape index (κ3) is 10.6. The molecule has 19 heteroatoms. The van der Waals surface area contributed by atoms with E-state index >= 15 is 0 Å². The molecular formula is C21H27F3N6O9S. The van der Waals surface area contributed by atoms with E-state index in [-0.39, 0.29) is 47.4 Å². The number of sulfonamides is 1. The van der Waals surface area contributed by atoms with Gasteiger partial charge in [-0.2, -0.15) is 13.2 Å². The number of aliphatic carboxylic acids is 1. The molecule has 2 rings (SSSR count). The summed E-state index contributed by atoms with van der Waals surface area (Å²) in [5, 5.41) is 13.0. The van der Waals surface area contributed by atoms with E-state index in [1.165, 1.54) is 38.5 Å². The summed E-state index contributed by atoms with van der Waals surface area (Å²) in [6.45, 7) is 1.71. The van der Waals surface area contributed by atoms with Crippen LogP contribution in [0.15, 0.2) is 39.1 Å². The highest BCUT2D eigenvalue weighted by molar-refractivity contribution is 7.92. The molecule has 0 fully saturated rings. The Kier molecular flexibility index (Phi) is 12.1. The summed E-state index contributed by atoms with van der Waals surface area (Å²) in [5.41, 5.74) is 9.90. The number of H-pyrrole nitrogens is 1. The van der Waals surface area contributed by atoms with Gasteiger partial charge >= 0.3 is 12.1 Å². The number of pyridine rings is 1. The lowest BCUT2D eigenvalue weighted by molar-refractivity contribution is -0.192. The van der Waals surface area contributed by atoms with Crippen molar-refractivity contribution in [1.29, 1.82) is 0 Å². The van der Waals surface area contributed by atoms with Gasteiger partial charge in [0, 0.05) is 11.8 Å². The van der Waals surface area contributed by atoms with Gasteiger partial charge in [-0.3, -0.25) is 14.3 Å². The molecule has 1 aromatic carbocycles. The number of hydrogen-bond acceptors (Lipinski definition) is 9. The SMILES string of the molecule is COc1ccc(S(=O)(=O)Nc2c(CC(=O)NCCON=C(N)N)cc(C)[nH]c2=O)cc1OC.O=C(O)C(F)(F)F. The number of oxime groups is 1. The average molecular weight is 597 g/mol. The number of halogens is 3. The number of nitrogens with one attached hydrogen (secondary N) is 3. The molecule has 0 atom stereocenters. The number of methoxy groups -OCH3 is 2. The quantitative estimate of drug-likeness (QED) is 0.0873. The monoisotopic (exact) mass is 596 g/mol. The number of aromatic nitrogens is 1. The van der Waals surface area contributed by atoms with Crippen LogP contribution in [0.4, 0.5) is 18.9 Å².